The molecule has 1 atom stereocenters. The molecule has 1 unspecified atom stereocenters. The van der Waals surface area contributed by atoms with E-state index >= 15 is 0 Å². The molecule has 5 heteroatoms. The van der Waals surface area contributed by atoms with E-state index in [0.717, 1.165) is 37.8 Å². The minimum Gasteiger partial charge on any atom is -0.396 e. The molecule has 0 aromatic heterocycles. The van der Waals surface area contributed by atoms with Crippen LogP contribution in [0.5, 0.6) is 0 Å². The minimum absolute atomic E-state index is 0.0865. The topological polar surface area (TPSA) is 52.5 Å². The lowest BCUT2D eigenvalue weighted by Crippen LogP contribution is -2.37. The molecule has 0 saturated heterocycles. The van der Waals surface area contributed by atoms with Gasteiger partial charge in [0.15, 0.2) is 0 Å². The van der Waals surface area contributed by atoms with E-state index in [-0.39, 0.29) is 24.1 Å². The first-order valence-corrected chi connectivity index (χ1v) is 7.01. The van der Waals surface area contributed by atoms with Crippen molar-refractivity contribution in [3.63, 3.8) is 0 Å². The maximum Gasteiger partial charge on any atom is 0.131 e. The van der Waals surface area contributed by atoms with Crippen LogP contribution in [0.15, 0.2) is 18.2 Å². The molecule has 0 heterocycles. The molecule has 0 amide bonds. The van der Waals surface area contributed by atoms with Crippen molar-refractivity contribution in [2.45, 2.75) is 31.8 Å². The van der Waals surface area contributed by atoms with Gasteiger partial charge in [0.05, 0.1) is 6.10 Å². The Kier molecular flexibility index (Phi) is 5.07. The average molecular weight is 285 g/mol. The third-order valence-electron chi connectivity index (χ3n) is 4.16. The second kappa shape index (κ2) is 6.61. The molecule has 3 N–H and O–H groups in total. The predicted octanol–water partition coefficient (Wildman–Crippen LogP) is 2.14. The van der Waals surface area contributed by atoms with Gasteiger partial charge in [-0.05, 0) is 18.9 Å². The number of halogens is 2. The van der Waals surface area contributed by atoms with Gasteiger partial charge in [-0.1, -0.05) is 18.9 Å². The SMILES string of the molecule is OCC1(CNCC(O)c2ccc(F)cc2F)CCCC1. The van der Waals surface area contributed by atoms with Crippen LogP contribution >= 0.6 is 0 Å². The third kappa shape index (κ3) is 3.53. The van der Waals surface area contributed by atoms with Crippen molar-refractivity contribution >= 4 is 0 Å². The molecule has 1 saturated carbocycles. The van der Waals surface area contributed by atoms with Crippen molar-refractivity contribution in [1.82, 2.24) is 5.32 Å². The van der Waals surface area contributed by atoms with E-state index in [2.05, 4.69) is 5.32 Å². The predicted molar refractivity (Wildman–Crippen MR) is 72.2 cm³/mol. The summed E-state index contributed by atoms with van der Waals surface area (Å²) in [6.45, 7) is 0.911. The Morgan fingerprint density at radius 3 is 2.55 bits per heavy atom. The maximum absolute atomic E-state index is 13.5. The number of hydrogen-bond acceptors (Lipinski definition) is 3. The maximum atomic E-state index is 13.5. The second-order valence-electron chi connectivity index (χ2n) is 5.68. The van der Waals surface area contributed by atoms with Crippen LogP contribution in [0, 0.1) is 17.0 Å². The fraction of sp³-hybridized carbons (Fsp3) is 0.600. The van der Waals surface area contributed by atoms with Crippen LogP contribution in [0.3, 0.4) is 0 Å². The Labute approximate surface area is 117 Å². The number of aliphatic hydroxyl groups is 2. The normalized spacial score (nSPS) is 19.2. The van der Waals surface area contributed by atoms with E-state index in [1.165, 1.54) is 6.07 Å². The van der Waals surface area contributed by atoms with Gasteiger partial charge >= 0.3 is 0 Å². The lowest BCUT2D eigenvalue weighted by atomic mass is 9.87. The molecule has 112 valence electrons. The van der Waals surface area contributed by atoms with Crippen LogP contribution in [0.25, 0.3) is 0 Å². The summed E-state index contributed by atoms with van der Waals surface area (Å²) in [7, 11) is 0. The monoisotopic (exact) mass is 285 g/mol. The molecule has 0 radical (unpaired) electrons. The van der Waals surface area contributed by atoms with Crippen molar-refractivity contribution in [2.75, 3.05) is 19.7 Å². The van der Waals surface area contributed by atoms with Gasteiger partial charge in [-0.2, -0.15) is 0 Å². The van der Waals surface area contributed by atoms with Crippen LogP contribution in [-0.4, -0.2) is 29.9 Å². The van der Waals surface area contributed by atoms with Crippen molar-refractivity contribution in [1.29, 1.82) is 0 Å². The zero-order valence-corrected chi connectivity index (χ0v) is 11.4. The molecule has 20 heavy (non-hydrogen) atoms. The number of hydrogen-bond donors (Lipinski definition) is 3. The molecule has 1 aliphatic carbocycles. The molecule has 0 spiro atoms. The molecule has 0 aliphatic heterocycles. The van der Waals surface area contributed by atoms with Gasteiger partial charge in [0.2, 0.25) is 0 Å². The van der Waals surface area contributed by atoms with Crippen LogP contribution in [0.4, 0.5) is 8.78 Å². The highest BCUT2D eigenvalue weighted by Gasteiger charge is 2.32. The van der Waals surface area contributed by atoms with Gasteiger partial charge in [0, 0.05) is 36.7 Å². The molecular formula is C15H21F2NO2. The Morgan fingerprint density at radius 1 is 1.25 bits per heavy atom. The lowest BCUT2D eigenvalue weighted by Gasteiger charge is -2.27. The number of benzene rings is 1. The Bertz CT molecular complexity index is 447. The quantitative estimate of drug-likeness (QED) is 0.750. The fourth-order valence-electron chi connectivity index (χ4n) is 2.87. The van der Waals surface area contributed by atoms with Crippen molar-refractivity contribution in [2.24, 2.45) is 5.41 Å². The lowest BCUT2D eigenvalue weighted by molar-refractivity contribution is 0.116. The highest BCUT2D eigenvalue weighted by molar-refractivity contribution is 5.21. The van der Waals surface area contributed by atoms with Crippen LogP contribution < -0.4 is 5.32 Å². The molecule has 1 aromatic carbocycles. The Balaban J connectivity index is 1.87. The Morgan fingerprint density at radius 2 is 1.95 bits per heavy atom. The van der Waals surface area contributed by atoms with Crippen molar-refractivity contribution in [3.05, 3.63) is 35.4 Å². The summed E-state index contributed by atoms with van der Waals surface area (Å²) in [6.07, 6.45) is 3.14. The summed E-state index contributed by atoms with van der Waals surface area (Å²) < 4.78 is 26.3. The highest BCUT2D eigenvalue weighted by Crippen LogP contribution is 2.36. The second-order valence-corrected chi connectivity index (χ2v) is 5.68. The highest BCUT2D eigenvalue weighted by atomic mass is 19.1. The largest absolute Gasteiger partial charge is 0.396 e. The van der Waals surface area contributed by atoms with Gasteiger partial charge < -0.3 is 15.5 Å². The van der Waals surface area contributed by atoms with E-state index in [9.17, 15) is 19.0 Å². The van der Waals surface area contributed by atoms with Crippen LogP contribution in [0.1, 0.15) is 37.4 Å². The minimum atomic E-state index is -1.02. The summed E-state index contributed by atoms with van der Waals surface area (Å²) >= 11 is 0. The summed E-state index contributed by atoms with van der Waals surface area (Å²) in [5.74, 6) is -1.39. The molecule has 1 aliphatic rings. The first-order chi connectivity index (χ1) is 9.56. The van der Waals surface area contributed by atoms with E-state index in [1.54, 1.807) is 0 Å². The standard InChI is InChI=1S/C15H21F2NO2/c16-11-3-4-12(13(17)7-11)14(20)8-18-9-15(10-19)5-1-2-6-15/h3-4,7,14,18-20H,1-2,5-6,8-10H2. The molecule has 2 rings (SSSR count). The van der Waals surface area contributed by atoms with Gasteiger partial charge in [0.1, 0.15) is 11.6 Å². The van der Waals surface area contributed by atoms with Gasteiger partial charge in [0.25, 0.3) is 0 Å². The molecule has 0 bridgehead atoms. The average Bonchev–Trinajstić information content (AvgIpc) is 2.88. The van der Waals surface area contributed by atoms with Crippen molar-refractivity contribution in [3.8, 4) is 0 Å². The summed E-state index contributed by atoms with van der Waals surface area (Å²) in [5, 5.41) is 22.5. The zero-order valence-electron chi connectivity index (χ0n) is 11.4. The van der Waals surface area contributed by atoms with Gasteiger partial charge in [-0.25, -0.2) is 8.78 Å². The van der Waals surface area contributed by atoms with E-state index < -0.39 is 17.7 Å². The van der Waals surface area contributed by atoms with Gasteiger partial charge in [-0.3, -0.25) is 0 Å². The molecule has 1 fully saturated rings. The number of aliphatic hydroxyl groups excluding tert-OH is 2. The fourth-order valence-corrected chi connectivity index (χ4v) is 2.87. The molecule has 1 aromatic rings. The summed E-state index contributed by atoms with van der Waals surface area (Å²) in [6, 6.07) is 3.16. The first-order valence-electron chi connectivity index (χ1n) is 7.01. The molecule has 3 nitrogen and oxygen atoms in total. The number of nitrogens with one attached hydrogen (secondary N) is 1. The van der Waals surface area contributed by atoms with E-state index in [4.69, 9.17) is 0 Å². The smallest absolute Gasteiger partial charge is 0.131 e. The Hall–Kier alpha value is -1.04. The van der Waals surface area contributed by atoms with E-state index in [0.29, 0.717) is 6.54 Å². The number of rotatable bonds is 6. The van der Waals surface area contributed by atoms with E-state index in [1.807, 2.05) is 0 Å². The van der Waals surface area contributed by atoms with Crippen molar-refractivity contribution < 1.29 is 19.0 Å². The third-order valence-corrected chi connectivity index (χ3v) is 4.16. The van der Waals surface area contributed by atoms with Crippen LogP contribution in [0.2, 0.25) is 0 Å². The molecular weight excluding hydrogens is 264 g/mol. The van der Waals surface area contributed by atoms with Gasteiger partial charge in [-0.15, -0.1) is 0 Å². The summed E-state index contributed by atoms with van der Waals surface area (Å²) in [5.41, 5.74) is -0.0236. The summed E-state index contributed by atoms with van der Waals surface area (Å²) in [4.78, 5) is 0. The first kappa shape index (κ1) is 15.4. The van der Waals surface area contributed by atoms with Crippen LogP contribution in [-0.2, 0) is 0 Å². The zero-order chi connectivity index (χ0) is 14.6.